The predicted octanol–water partition coefficient (Wildman–Crippen LogP) is 1.36. The van der Waals surface area contributed by atoms with E-state index < -0.39 is 0 Å². The predicted molar refractivity (Wildman–Crippen MR) is 56.2 cm³/mol. The van der Waals surface area contributed by atoms with E-state index in [0.29, 0.717) is 0 Å². The second-order valence-corrected chi connectivity index (χ2v) is 3.28. The summed E-state index contributed by atoms with van der Waals surface area (Å²) in [6.07, 6.45) is 6.85. The third-order valence-electron chi connectivity index (χ3n) is 2.04. The van der Waals surface area contributed by atoms with Gasteiger partial charge in [0.15, 0.2) is 0 Å². The van der Waals surface area contributed by atoms with E-state index in [1.54, 1.807) is 18.6 Å². The van der Waals surface area contributed by atoms with Crippen LogP contribution < -0.4 is 0 Å². The van der Waals surface area contributed by atoms with E-state index in [1.807, 2.05) is 19.1 Å². The van der Waals surface area contributed by atoms with Crippen molar-refractivity contribution < 1.29 is 0 Å². The van der Waals surface area contributed by atoms with E-state index in [-0.39, 0.29) is 0 Å². The molecule has 0 bridgehead atoms. The van der Waals surface area contributed by atoms with Crippen LogP contribution in [0, 0.1) is 6.92 Å². The van der Waals surface area contributed by atoms with Crippen LogP contribution in [0.2, 0.25) is 0 Å². The molecular weight excluding hydrogens is 188 g/mol. The summed E-state index contributed by atoms with van der Waals surface area (Å²) in [4.78, 5) is 16.8. The highest BCUT2D eigenvalue weighted by Crippen LogP contribution is 1.98. The van der Waals surface area contributed by atoms with Crippen LogP contribution in [-0.2, 0) is 12.8 Å². The lowest BCUT2D eigenvalue weighted by Crippen LogP contribution is -2.01. The Morgan fingerprint density at radius 1 is 0.933 bits per heavy atom. The molecule has 76 valence electrons. The standard InChI is InChI=1S/C11H12N4/c1-9-5-8-14-11(15-9)4-3-10-12-6-2-7-13-10/h2,5-8H,3-4H2,1H3. The van der Waals surface area contributed by atoms with E-state index in [1.165, 1.54) is 0 Å². The fourth-order valence-corrected chi connectivity index (χ4v) is 1.30. The van der Waals surface area contributed by atoms with Crippen molar-refractivity contribution in [3.63, 3.8) is 0 Å². The second-order valence-electron chi connectivity index (χ2n) is 3.28. The number of nitrogens with zero attached hydrogens (tertiary/aromatic N) is 4. The van der Waals surface area contributed by atoms with Crippen LogP contribution in [0.4, 0.5) is 0 Å². The van der Waals surface area contributed by atoms with Gasteiger partial charge in [-0.2, -0.15) is 0 Å². The molecule has 2 heterocycles. The Kier molecular flexibility index (Phi) is 2.97. The van der Waals surface area contributed by atoms with E-state index in [4.69, 9.17) is 0 Å². The molecule has 0 fully saturated rings. The number of aromatic nitrogens is 4. The Labute approximate surface area is 88.5 Å². The molecule has 0 radical (unpaired) electrons. The molecule has 0 unspecified atom stereocenters. The Morgan fingerprint density at radius 2 is 1.60 bits per heavy atom. The van der Waals surface area contributed by atoms with Gasteiger partial charge in [0, 0.05) is 37.1 Å². The summed E-state index contributed by atoms with van der Waals surface area (Å²) in [6, 6.07) is 3.70. The third-order valence-corrected chi connectivity index (χ3v) is 2.04. The first-order chi connectivity index (χ1) is 7.34. The lowest BCUT2D eigenvalue weighted by atomic mass is 10.2. The molecule has 2 aromatic rings. The molecule has 0 aliphatic heterocycles. The van der Waals surface area contributed by atoms with Crippen molar-refractivity contribution in [2.75, 3.05) is 0 Å². The maximum absolute atomic E-state index is 4.32. The van der Waals surface area contributed by atoms with E-state index in [9.17, 15) is 0 Å². The average molecular weight is 200 g/mol. The smallest absolute Gasteiger partial charge is 0.128 e. The van der Waals surface area contributed by atoms with Gasteiger partial charge in [0.1, 0.15) is 11.6 Å². The van der Waals surface area contributed by atoms with Crippen molar-refractivity contribution >= 4 is 0 Å². The van der Waals surface area contributed by atoms with Crippen LogP contribution in [0.1, 0.15) is 17.3 Å². The first kappa shape index (κ1) is 9.71. The molecule has 0 aliphatic rings. The molecule has 2 aromatic heterocycles. The van der Waals surface area contributed by atoms with Crippen LogP contribution >= 0.6 is 0 Å². The van der Waals surface area contributed by atoms with Crippen LogP contribution in [0.15, 0.2) is 30.7 Å². The van der Waals surface area contributed by atoms with Crippen molar-refractivity contribution in [2.45, 2.75) is 19.8 Å². The molecule has 0 amide bonds. The zero-order chi connectivity index (χ0) is 10.5. The molecule has 4 heteroatoms. The molecule has 0 aliphatic carbocycles. The highest BCUT2D eigenvalue weighted by atomic mass is 14.9. The normalized spacial score (nSPS) is 10.2. The minimum atomic E-state index is 0.782. The maximum Gasteiger partial charge on any atom is 0.128 e. The Hall–Kier alpha value is -1.84. The molecular formula is C11H12N4. The summed E-state index contributed by atoms with van der Waals surface area (Å²) in [6.45, 7) is 1.96. The molecule has 0 atom stereocenters. The summed E-state index contributed by atoms with van der Waals surface area (Å²) in [5.74, 6) is 1.69. The summed E-state index contributed by atoms with van der Waals surface area (Å²) in [5.41, 5.74) is 0.994. The average Bonchev–Trinajstić information content (AvgIpc) is 2.28. The quantitative estimate of drug-likeness (QED) is 0.750. The van der Waals surface area contributed by atoms with E-state index in [0.717, 1.165) is 30.2 Å². The van der Waals surface area contributed by atoms with Gasteiger partial charge >= 0.3 is 0 Å². The SMILES string of the molecule is Cc1ccnc(CCc2ncccn2)n1. The van der Waals surface area contributed by atoms with Gasteiger partial charge in [-0.3, -0.25) is 0 Å². The number of hydrogen-bond donors (Lipinski definition) is 0. The summed E-state index contributed by atoms with van der Waals surface area (Å²) >= 11 is 0. The molecule has 0 aromatic carbocycles. The number of hydrogen-bond acceptors (Lipinski definition) is 4. The maximum atomic E-state index is 4.32. The molecule has 15 heavy (non-hydrogen) atoms. The van der Waals surface area contributed by atoms with Gasteiger partial charge in [-0.25, -0.2) is 19.9 Å². The lowest BCUT2D eigenvalue weighted by Gasteiger charge is -1.99. The summed E-state index contributed by atoms with van der Waals surface area (Å²) in [7, 11) is 0. The number of rotatable bonds is 3. The Morgan fingerprint density at radius 3 is 2.33 bits per heavy atom. The van der Waals surface area contributed by atoms with Gasteiger partial charge in [-0.15, -0.1) is 0 Å². The van der Waals surface area contributed by atoms with Crippen molar-refractivity contribution in [3.05, 3.63) is 48.1 Å². The van der Waals surface area contributed by atoms with E-state index >= 15 is 0 Å². The Balaban J connectivity index is 1.99. The van der Waals surface area contributed by atoms with Gasteiger partial charge in [0.2, 0.25) is 0 Å². The van der Waals surface area contributed by atoms with Gasteiger partial charge in [0.05, 0.1) is 0 Å². The van der Waals surface area contributed by atoms with Gasteiger partial charge < -0.3 is 0 Å². The molecule has 0 saturated heterocycles. The molecule has 0 N–H and O–H groups in total. The highest BCUT2D eigenvalue weighted by molar-refractivity contribution is 5.01. The fourth-order valence-electron chi connectivity index (χ4n) is 1.30. The lowest BCUT2D eigenvalue weighted by molar-refractivity contribution is 0.798. The van der Waals surface area contributed by atoms with Crippen LogP contribution in [0.25, 0.3) is 0 Å². The first-order valence-electron chi connectivity index (χ1n) is 4.89. The van der Waals surface area contributed by atoms with Crippen LogP contribution in [-0.4, -0.2) is 19.9 Å². The van der Waals surface area contributed by atoms with Gasteiger partial charge in [0.25, 0.3) is 0 Å². The molecule has 2 rings (SSSR count). The zero-order valence-corrected chi connectivity index (χ0v) is 8.59. The fraction of sp³-hybridized carbons (Fsp3) is 0.273. The first-order valence-corrected chi connectivity index (χ1v) is 4.89. The zero-order valence-electron chi connectivity index (χ0n) is 8.59. The minimum Gasteiger partial charge on any atom is -0.241 e. The highest BCUT2D eigenvalue weighted by Gasteiger charge is 1.99. The van der Waals surface area contributed by atoms with Crippen molar-refractivity contribution in [3.8, 4) is 0 Å². The minimum absolute atomic E-state index is 0.782. The van der Waals surface area contributed by atoms with Crippen LogP contribution in [0.5, 0.6) is 0 Å². The molecule has 4 nitrogen and oxygen atoms in total. The van der Waals surface area contributed by atoms with Crippen molar-refractivity contribution in [2.24, 2.45) is 0 Å². The van der Waals surface area contributed by atoms with Gasteiger partial charge in [-0.1, -0.05) is 0 Å². The van der Waals surface area contributed by atoms with Crippen molar-refractivity contribution in [1.29, 1.82) is 0 Å². The third kappa shape index (κ3) is 2.80. The number of aryl methyl sites for hydroxylation is 3. The molecule has 0 spiro atoms. The molecule has 0 saturated carbocycles. The van der Waals surface area contributed by atoms with Crippen LogP contribution in [0.3, 0.4) is 0 Å². The summed E-state index contributed by atoms with van der Waals surface area (Å²) in [5, 5.41) is 0. The monoisotopic (exact) mass is 200 g/mol. The topological polar surface area (TPSA) is 51.6 Å². The largest absolute Gasteiger partial charge is 0.241 e. The van der Waals surface area contributed by atoms with Gasteiger partial charge in [-0.05, 0) is 19.1 Å². The van der Waals surface area contributed by atoms with Crippen molar-refractivity contribution in [1.82, 2.24) is 19.9 Å². The Bertz CT molecular complexity index is 428. The second kappa shape index (κ2) is 4.59. The summed E-state index contributed by atoms with van der Waals surface area (Å²) < 4.78 is 0. The van der Waals surface area contributed by atoms with E-state index in [2.05, 4.69) is 19.9 Å².